The molecule has 36 heavy (non-hydrogen) atoms. The van der Waals surface area contributed by atoms with Crippen molar-refractivity contribution < 1.29 is 36.2 Å². The van der Waals surface area contributed by atoms with Gasteiger partial charge in [-0.3, -0.25) is 4.79 Å². The van der Waals surface area contributed by atoms with Crippen LogP contribution in [0.2, 0.25) is 5.02 Å². The lowest BCUT2D eigenvalue weighted by Gasteiger charge is -2.49. The number of pyridine rings is 1. The molecule has 0 radical (unpaired) electrons. The van der Waals surface area contributed by atoms with Crippen LogP contribution in [0.4, 0.5) is 32.0 Å². The lowest BCUT2D eigenvalue weighted by molar-refractivity contribution is -0.205. The summed E-state index contributed by atoms with van der Waals surface area (Å²) in [5.41, 5.74) is -0.759. The minimum atomic E-state index is -5.09. The molecule has 0 aliphatic heterocycles. The first kappa shape index (κ1) is 26.0. The van der Waals surface area contributed by atoms with Gasteiger partial charge in [-0.2, -0.15) is 26.3 Å². The average Bonchev–Trinajstić information content (AvgIpc) is 2.78. The molecular weight excluding hydrogens is 512 g/mol. The molecule has 1 unspecified atom stereocenters. The van der Waals surface area contributed by atoms with E-state index in [4.69, 9.17) is 11.6 Å². The van der Waals surface area contributed by atoms with Crippen molar-refractivity contribution in [1.29, 1.82) is 0 Å². The van der Waals surface area contributed by atoms with Crippen LogP contribution in [0.25, 0.3) is 10.9 Å². The SMILES string of the molecule is O=C(NC1CC(CNc2cc(C(F)(F)F)nc3ccc(Cl)cc23)(c2ccccc2)C1)C(O)C(F)(F)F. The van der Waals surface area contributed by atoms with E-state index in [1.807, 2.05) is 0 Å². The van der Waals surface area contributed by atoms with Crippen LogP contribution < -0.4 is 10.6 Å². The maximum atomic E-state index is 13.5. The molecule has 1 heterocycles. The van der Waals surface area contributed by atoms with Gasteiger partial charge in [-0.15, -0.1) is 0 Å². The second kappa shape index (κ2) is 9.44. The number of aromatic nitrogens is 1. The monoisotopic (exact) mass is 531 g/mol. The molecule has 1 aliphatic carbocycles. The van der Waals surface area contributed by atoms with Crippen LogP contribution in [0.3, 0.4) is 0 Å². The molecule has 3 aromatic rings. The first-order valence-corrected chi connectivity index (χ1v) is 11.2. The van der Waals surface area contributed by atoms with Gasteiger partial charge in [0.15, 0.2) is 0 Å². The van der Waals surface area contributed by atoms with Crippen molar-refractivity contribution in [2.45, 2.75) is 42.8 Å². The Morgan fingerprint density at radius 3 is 2.36 bits per heavy atom. The Hall–Kier alpha value is -3.05. The first-order chi connectivity index (χ1) is 16.8. The number of hydrogen-bond acceptors (Lipinski definition) is 4. The van der Waals surface area contributed by atoms with E-state index in [-0.39, 0.29) is 30.6 Å². The average molecular weight is 532 g/mol. The minimum absolute atomic E-state index is 0.0883. The van der Waals surface area contributed by atoms with E-state index >= 15 is 0 Å². The maximum absolute atomic E-state index is 13.5. The highest BCUT2D eigenvalue weighted by atomic mass is 35.5. The van der Waals surface area contributed by atoms with Crippen LogP contribution in [-0.4, -0.2) is 40.9 Å². The number of carbonyl (C=O) groups excluding carboxylic acids is 1. The number of alkyl halides is 6. The summed E-state index contributed by atoms with van der Waals surface area (Å²) in [5.74, 6) is -1.55. The minimum Gasteiger partial charge on any atom is -0.384 e. The first-order valence-electron chi connectivity index (χ1n) is 10.8. The summed E-state index contributed by atoms with van der Waals surface area (Å²) in [6, 6.07) is 13.4. The molecule has 4 rings (SSSR count). The molecule has 1 atom stereocenters. The molecule has 0 saturated heterocycles. The van der Waals surface area contributed by atoms with Gasteiger partial charge in [0.2, 0.25) is 6.10 Å². The van der Waals surface area contributed by atoms with Crippen molar-refractivity contribution in [1.82, 2.24) is 10.3 Å². The lowest BCUT2D eigenvalue weighted by Crippen LogP contribution is -2.58. The number of halogens is 7. The number of amides is 1. The number of nitrogens with one attached hydrogen (secondary N) is 2. The molecule has 1 amide bonds. The maximum Gasteiger partial charge on any atom is 0.433 e. The number of rotatable bonds is 6. The number of hydrogen-bond donors (Lipinski definition) is 3. The summed E-state index contributed by atoms with van der Waals surface area (Å²) in [6.07, 6.45) is -12.5. The topological polar surface area (TPSA) is 74.2 Å². The van der Waals surface area contributed by atoms with Gasteiger partial charge in [0.25, 0.3) is 5.91 Å². The summed E-state index contributed by atoms with van der Waals surface area (Å²) >= 11 is 6.05. The number of anilines is 1. The van der Waals surface area contributed by atoms with E-state index in [0.717, 1.165) is 11.6 Å². The predicted molar refractivity (Wildman–Crippen MR) is 122 cm³/mol. The second-order valence-electron chi connectivity index (χ2n) is 8.77. The van der Waals surface area contributed by atoms with E-state index in [0.29, 0.717) is 10.4 Å². The largest absolute Gasteiger partial charge is 0.433 e. The third-order valence-electron chi connectivity index (χ3n) is 6.24. The Labute approximate surface area is 206 Å². The highest BCUT2D eigenvalue weighted by Crippen LogP contribution is 2.45. The second-order valence-corrected chi connectivity index (χ2v) is 9.21. The van der Waals surface area contributed by atoms with Crippen LogP contribution in [0, 0.1) is 0 Å². The fourth-order valence-corrected chi connectivity index (χ4v) is 4.61. The normalized spacial score (nSPS) is 21.1. The predicted octanol–water partition coefficient (Wildman–Crippen LogP) is 5.46. The number of nitrogens with zero attached hydrogens (tertiary/aromatic N) is 1. The fourth-order valence-electron chi connectivity index (χ4n) is 4.44. The van der Waals surface area contributed by atoms with Crippen LogP contribution >= 0.6 is 11.6 Å². The summed E-state index contributed by atoms with van der Waals surface area (Å²) in [4.78, 5) is 15.5. The number of fused-ring (bicyclic) bond motifs is 1. The van der Waals surface area contributed by atoms with Gasteiger partial charge < -0.3 is 15.7 Å². The van der Waals surface area contributed by atoms with Crippen molar-refractivity contribution in [2.75, 3.05) is 11.9 Å². The van der Waals surface area contributed by atoms with Gasteiger partial charge in [0.1, 0.15) is 5.69 Å². The van der Waals surface area contributed by atoms with Gasteiger partial charge in [-0.25, -0.2) is 4.98 Å². The number of carbonyl (C=O) groups is 1. The van der Waals surface area contributed by atoms with Crippen LogP contribution in [0.15, 0.2) is 54.6 Å². The molecule has 1 saturated carbocycles. The van der Waals surface area contributed by atoms with E-state index in [1.165, 1.54) is 18.2 Å². The fraction of sp³-hybridized carbons (Fsp3) is 0.333. The summed E-state index contributed by atoms with van der Waals surface area (Å²) < 4.78 is 78.3. The van der Waals surface area contributed by atoms with Crippen LogP contribution in [0.1, 0.15) is 24.1 Å². The number of aliphatic hydroxyl groups is 1. The zero-order valence-corrected chi connectivity index (χ0v) is 19.2. The Bertz CT molecular complexity index is 1260. The van der Waals surface area contributed by atoms with Gasteiger partial charge in [0, 0.05) is 34.1 Å². The van der Waals surface area contributed by atoms with E-state index < -0.39 is 41.5 Å². The molecule has 0 bridgehead atoms. The van der Waals surface area contributed by atoms with Crippen LogP contribution in [-0.2, 0) is 16.4 Å². The molecule has 3 N–H and O–H groups in total. The Kier molecular flexibility index (Phi) is 6.82. The van der Waals surface area contributed by atoms with E-state index in [9.17, 15) is 36.2 Å². The van der Waals surface area contributed by atoms with Gasteiger partial charge in [0.05, 0.1) is 5.52 Å². The summed E-state index contributed by atoms with van der Waals surface area (Å²) in [6.45, 7) is 0.119. The quantitative estimate of drug-likeness (QED) is 0.369. The number of benzene rings is 2. The third-order valence-corrected chi connectivity index (χ3v) is 6.48. The zero-order valence-electron chi connectivity index (χ0n) is 18.4. The van der Waals surface area contributed by atoms with Crippen molar-refractivity contribution in [3.63, 3.8) is 0 Å². The standard InChI is InChI=1S/C24H20ClF6N3O2/c25-14-6-7-17-16(8-14)18(9-19(34-17)23(26,27)28)32-12-22(13-4-2-1-3-5-13)10-15(11-22)33-21(36)20(35)24(29,30)31/h1-9,15,20,35H,10-12H2,(H,32,34)(H,33,36). The smallest absolute Gasteiger partial charge is 0.384 e. The van der Waals surface area contributed by atoms with Gasteiger partial charge >= 0.3 is 12.4 Å². The van der Waals surface area contributed by atoms with Gasteiger partial charge in [-0.1, -0.05) is 41.9 Å². The molecule has 0 spiro atoms. The van der Waals surface area contributed by atoms with Crippen molar-refractivity contribution in [3.05, 3.63) is 70.9 Å². The molecule has 1 aromatic heterocycles. The molecule has 1 aliphatic rings. The lowest BCUT2D eigenvalue weighted by atomic mass is 9.61. The number of aliphatic hydroxyl groups excluding tert-OH is 1. The molecule has 5 nitrogen and oxygen atoms in total. The Balaban J connectivity index is 1.60. The zero-order chi connectivity index (χ0) is 26.3. The third kappa shape index (κ3) is 5.36. The molecule has 1 fully saturated rings. The molecular formula is C24H20ClF6N3O2. The summed E-state index contributed by atoms with van der Waals surface area (Å²) in [5, 5.41) is 15.1. The van der Waals surface area contributed by atoms with E-state index in [1.54, 1.807) is 30.3 Å². The highest BCUT2D eigenvalue weighted by molar-refractivity contribution is 6.31. The Morgan fingerprint density at radius 2 is 1.75 bits per heavy atom. The van der Waals surface area contributed by atoms with Crippen LogP contribution in [0.5, 0.6) is 0 Å². The van der Waals surface area contributed by atoms with Crippen molar-refractivity contribution in [3.8, 4) is 0 Å². The van der Waals surface area contributed by atoms with Crippen molar-refractivity contribution in [2.24, 2.45) is 0 Å². The van der Waals surface area contributed by atoms with E-state index in [2.05, 4.69) is 15.6 Å². The summed E-state index contributed by atoms with van der Waals surface area (Å²) in [7, 11) is 0. The van der Waals surface area contributed by atoms with Gasteiger partial charge in [-0.05, 0) is 42.7 Å². The highest BCUT2D eigenvalue weighted by Gasteiger charge is 2.49. The Morgan fingerprint density at radius 1 is 1.08 bits per heavy atom. The molecule has 12 heteroatoms. The van der Waals surface area contributed by atoms with Crippen molar-refractivity contribution >= 4 is 34.1 Å². The molecule has 2 aromatic carbocycles. The molecule has 192 valence electrons.